The quantitative estimate of drug-likeness (QED) is 0.312. The van der Waals surface area contributed by atoms with E-state index in [2.05, 4.69) is 15.5 Å². The maximum atomic E-state index is 12.5. The highest BCUT2D eigenvalue weighted by Gasteiger charge is 2.44. The van der Waals surface area contributed by atoms with E-state index in [1.165, 1.54) is 0 Å². The molecule has 0 radical (unpaired) electrons. The molecule has 1 saturated heterocycles. The van der Waals surface area contributed by atoms with Crippen molar-refractivity contribution in [2.45, 2.75) is 19.3 Å². The minimum atomic E-state index is -0.975. The van der Waals surface area contributed by atoms with Crippen LogP contribution in [0.25, 0.3) is 0 Å². The van der Waals surface area contributed by atoms with Gasteiger partial charge in [0.05, 0.1) is 0 Å². The van der Waals surface area contributed by atoms with E-state index in [4.69, 9.17) is 15.7 Å². The highest BCUT2D eigenvalue weighted by molar-refractivity contribution is 6.06. The zero-order valence-electron chi connectivity index (χ0n) is 11.8. The van der Waals surface area contributed by atoms with Gasteiger partial charge in [-0.2, -0.15) is 0 Å². The van der Waals surface area contributed by atoms with Crippen molar-refractivity contribution in [3.05, 3.63) is 30.1 Å². The van der Waals surface area contributed by atoms with Crippen LogP contribution in [0.5, 0.6) is 0 Å². The lowest BCUT2D eigenvalue weighted by Gasteiger charge is -2.34. The van der Waals surface area contributed by atoms with Crippen LogP contribution in [-0.4, -0.2) is 41.7 Å². The maximum absolute atomic E-state index is 12.5. The molecule has 2 heterocycles. The van der Waals surface area contributed by atoms with Gasteiger partial charge in [-0.1, -0.05) is 11.2 Å². The number of carbonyl (C=O) groups excluding carboxylic acids is 1. The van der Waals surface area contributed by atoms with Crippen molar-refractivity contribution in [1.82, 2.24) is 10.3 Å². The second-order valence-corrected chi connectivity index (χ2v) is 5.01. The number of amides is 1. The molecule has 0 aromatic carbocycles. The lowest BCUT2D eigenvalue weighted by Crippen LogP contribution is -2.53. The third-order valence-corrected chi connectivity index (χ3v) is 3.77. The summed E-state index contributed by atoms with van der Waals surface area (Å²) in [5, 5.41) is 14.8. The normalized spacial score (nSPS) is 18.2. The highest BCUT2D eigenvalue weighted by Crippen LogP contribution is 2.31. The number of ether oxygens (including phenoxy) is 1. The van der Waals surface area contributed by atoms with Gasteiger partial charge in [0, 0.05) is 38.1 Å². The summed E-state index contributed by atoms with van der Waals surface area (Å²) in [4.78, 5) is 16.6. The molecular weight excluding hydrogens is 272 g/mol. The van der Waals surface area contributed by atoms with Gasteiger partial charge < -0.3 is 21.0 Å². The Bertz CT molecular complexity index is 498. The van der Waals surface area contributed by atoms with Crippen molar-refractivity contribution in [1.29, 1.82) is 0 Å². The second kappa shape index (κ2) is 7.03. The number of oxime groups is 1. The molecule has 1 amide bonds. The molecule has 4 N–H and O–H groups in total. The molecule has 1 aliphatic rings. The van der Waals surface area contributed by atoms with E-state index in [0.29, 0.717) is 39.0 Å². The first kappa shape index (κ1) is 15.2. The molecule has 7 heteroatoms. The molecule has 114 valence electrons. The van der Waals surface area contributed by atoms with Gasteiger partial charge in [0.1, 0.15) is 5.41 Å². The molecule has 2 rings (SSSR count). The van der Waals surface area contributed by atoms with Gasteiger partial charge in [0.15, 0.2) is 5.84 Å². The SMILES string of the molecule is NC(=NO)C1(C(=O)NCCc2ccccn2)CCOCC1. The summed E-state index contributed by atoms with van der Waals surface area (Å²) in [6.07, 6.45) is 3.18. The van der Waals surface area contributed by atoms with Crippen LogP contribution in [-0.2, 0) is 16.0 Å². The highest BCUT2D eigenvalue weighted by atomic mass is 16.5. The fourth-order valence-electron chi connectivity index (χ4n) is 2.43. The second-order valence-electron chi connectivity index (χ2n) is 5.01. The van der Waals surface area contributed by atoms with Gasteiger partial charge in [-0.05, 0) is 25.0 Å². The van der Waals surface area contributed by atoms with Crippen LogP contribution in [0.2, 0.25) is 0 Å². The summed E-state index contributed by atoms with van der Waals surface area (Å²) in [7, 11) is 0. The Hall–Kier alpha value is -2.15. The smallest absolute Gasteiger partial charge is 0.234 e. The van der Waals surface area contributed by atoms with E-state index >= 15 is 0 Å². The lowest BCUT2D eigenvalue weighted by atomic mass is 9.78. The van der Waals surface area contributed by atoms with Gasteiger partial charge >= 0.3 is 0 Å². The summed E-state index contributed by atoms with van der Waals surface area (Å²) in [6.45, 7) is 1.30. The molecule has 1 aromatic rings. The number of rotatable bonds is 5. The van der Waals surface area contributed by atoms with Crippen LogP contribution < -0.4 is 11.1 Å². The standard InChI is InChI=1S/C14H20N4O3/c15-12(18-20)14(5-9-21-10-6-14)13(19)17-8-4-11-3-1-2-7-16-11/h1-3,7,20H,4-6,8-10H2,(H2,15,18)(H,17,19). The minimum absolute atomic E-state index is 0.0545. The lowest BCUT2D eigenvalue weighted by molar-refractivity contribution is -0.131. The number of nitrogens with two attached hydrogens (primary N) is 1. The molecule has 1 aliphatic heterocycles. The van der Waals surface area contributed by atoms with Gasteiger partial charge in [-0.3, -0.25) is 9.78 Å². The van der Waals surface area contributed by atoms with E-state index in [-0.39, 0.29) is 11.7 Å². The molecule has 0 unspecified atom stereocenters. The Kier molecular flexibility index (Phi) is 5.10. The predicted molar refractivity (Wildman–Crippen MR) is 76.8 cm³/mol. The topological polar surface area (TPSA) is 110 Å². The summed E-state index contributed by atoms with van der Waals surface area (Å²) in [5.41, 5.74) is 5.67. The largest absolute Gasteiger partial charge is 0.409 e. The molecule has 0 spiro atoms. The van der Waals surface area contributed by atoms with E-state index < -0.39 is 5.41 Å². The zero-order chi connectivity index (χ0) is 15.1. The average Bonchev–Trinajstić information content (AvgIpc) is 2.55. The third kappa shape index (κ3) is 3.49. The average molecular weight is 292 g/mol. The Labute approximate surface area is 123 Å². The fraction of sp³-hybridized carbons (Fsp3) is 0.500. The third-order valence-electron chi connectivity index (χ3n) is 3.77. The van der Waals surface area contributed by atoms with Crippen LogP contribution in [0.4, 0.5) is 0 Å². The van der Waals surface area contributed by atoms with Crippen molar-refractivity contribution in [2.24, 2.45) is 16.3 Å². The van der Waals surface area contributed by atoms with Crippen molar-refractivity contribution in [3.8, 4) is 0 Å². The number of nitrogens with one attached hydrogen (secondary N) is 1. The van der Waals surface area contributed by atoms with Gasteiger partial charge in [-0.15, -0.1) is 0 Å². The molecule has 0 aliphatic carbocycles. The van der Waals surface area contributed by atoms with E-state index in [0.717, 1.165) is 5.69 Å². The van der Waals surface area contributed by atoms with Gasteiger partial charge in [-0.25, -0.2) is 0 Å². The fourth-order valence-corrected chi connectivity index (χ4v) is 2.43. The first-order valence-corrected chi connectivity index (χ1v) is 6.93. The molecule has 0 bridgehead atoms. The first-order valence-electron chi connectivity index (χ1n) is 6.93. The molecule has 1 fully saturated rings. The van der Waals surface area contributed by atoms with Crippen molar-refractivity contribution >= 4 is 11.7 Å². The number of aromatic nitrogens is 1. The molecule has 7 nitrogen and oxygen atoms in total. The molecule has 0 atom stereocenters. The number of carbonyl (C=O) groups is 1. The van der Waals surface area contributed by atoms with Crippen LogP contribution in [0.1, 0.15) is 18.5 Å². The number of hydrogen-bond donors (Lipinski definition) is 3. The van der Waals surface area contributed by atoms with Gasteiger partial charge in [0.25, 0.3) is 0 Å². The van der Waals surface area contributed by atoms with Crippen molar-refractivity contribution < 1.29 is 14.7 Å². The van der Waals surface area contributed by atoms with E-state index in [1.807, 2.05) is 18.2 Å². The van der Waals surface area contributed by atoms with Gasteiger partial charge in [0.2, 0.25) is 5.91 Å². The summed E-state index contributed by atoms with van der Waals surface area (Å²) in [6, 6.07) is 5.65. The van der Waals surface area contributed by atoms with E-state index in [1.54, 1.807) is 6.20 Å². The number of nitrogens with zero attached hydrogens (tertiary/aromatic N) is 2. The Balaban J connectivity index is 1.96. The Morgan fingerprint density at radius 1 is 1.48 bits per heavy atom. The molecule has 1 aromatic heterocycles. The van der Waals surface area contributed by atoms with Crippen LogP contribution in [0, 0.1) is 5.41 Å². The Morgan fingerprint density at radius 2 is 2.24 bits per heavy atom. The van der Waals surface area contributed by atoms with Crippen LogP contribution >= 0.6 is 0 Å². The number of amidine groups is 1. The monoisotopic (exact) mass is 292 g/mol. The minimum Gasteiger partial charge on any atom is -0.409 e. The van der Waals surface area contributed by atoms with Crippen molar-refractivity contribution in [2.75, 3.05) is 19.8 Å². The maximum Gasteiger partial charge on any atom is 0.234 e. The zero-order valence-corrected chi connectivity index (χ0v) is 11.8. The first-order chi connectivity index (χ1) is 10.2. The molecular formula is C14H20N4O3. The van der Waals surface area contributed by atoms with Crippen LogP contribution in [0.3, 0.4) is 0 Å². The van der Waals surface area contributed by atoms with Crippen LogP contribution in [0.15, 0.2) is 29.6 Å². The summed E-state index contributed by atoms with van der Waals surface area (Å²) in [5.74, 6) is -0.279. The Morgan fingerprint density at radius 3 is 2.86 bits per heavy atom. The summed E-state index contributed by atoms with van der Waals surface area (Å²) >= 11 is 0. The predicted octanol–water partition coefficient (Wildman–Crippen LogP) is 0.284. The molecule has 21 heavy (non-hydrogen) atoms. The molecule has 0 saturated carbocycles. The van der Waals surface area contributed by atoms with Crippen molar-refractivity contribution in [3.63, 3.8) is 0 Å². The summed E-state index contributed by atoms with van der Waals surface area (Å²) < 4.78 is 5.26. The van der Waals surface area contributed by atoms with E-state index in [9.17, 15) is 4.79 Å². The number of hydrogen-bond acceptors (Lipinski definition) is 5. The number of pyridine rings is 1.